The molecule has 0 saturated heterocycles. The maximum Gasteiger partial charge on any atom is 0.196 e. The van der Waals surface area contributed by atoms with E-state index in [0.29, 0.717) is 17.9 Å². The van der Waals surface area contributed by atoms with Crippen LogP contribution in [-0.2, 0) is 0 Å². The molecule has 2 aliphatic carbocycles. The zero-order valence-corrected chi connectivity index (χ0v) is 16.5. The van der Waals surface area contributed by atoms with E-state index in [9.17, 15) is 4.79 Å². The Hall–Kier alpha value is -1.88. The van der Waals surface area contributed by atoms with Crippen molar-refractivity contribution in [3.63, 3.8) is 0 Å². The van der Waals surface area contributed by atoms with Gasteiger partial charge < -0.3 is 16.4 Å². The van der Waals surface area contributed by atoms with Gasteiger partial charge >= 0.3 is 0 Å². The lowest BCUT2D eigenvalue weighted by Gasteiger charge is -2.27. The van der Waals surface area contributed by atoms with Crippen LogP contribution < -0.4 is 16.4 Å². The van der Waals surface area contributed by atoms with Crippen molar-refractivity contribution in [3.8, 4) is 0 Å². The summed E-state index contributed by atoms with van der Waals surface area (Å²) in [7, 11) is 0. The van der Waals surface area contributed by atoms with E-state index in [0.717, 1.165) is 30.3 Å². The number of nitrogens with two attached hydrogens (primary N) is 1. The van der Waals surface area contributed by atoms with E-state index in [-0.39, 0.29) is 5.78 Å². The van der Waals surface area contributed by atoms with Gasteiger partial charge in [-0.25, -0.2) is 0 Å². The van der Waals surface area contributed by atoms with Crippen LogP contribution in [0.4, 0.5) is 5.69 Å². The first-order valence-corrected chi connectivity index (χ1v) is 10.5. The van der Waals surface area contributed by atoms with Crippen molar-refractivity contribution in [2.24, 2.45) is 22.6 Å². The van der Waals surface area contributed by atoms with Gasteiger partial charge in [0, 0.05) is 23.8 Å². The van der Waals surface area contributed by atoms with Gasteiger partial charge in [-0.3, -0.25) is 9.79 Å². The van der Waals surface area contributed by atoms with Gasteiger partial charge in [0.1, 0.15) is 0 Å². The topological polar surface area (TPSA) is 79.5 Å². The van der Waals surface area contributed by atoms with Gasteiger partial charge in [-0.1, -0.05) is 31.4 Å². The number of aliphatic imine (C=N–C) groups is 1. The molecule has 2 atom stereocenters. The molecule has 0 amide bonds. The number of hydrogen-bond donors (Lipinski definition) is 3. The monoisotopic (exact) mass is 370 g/mol. The highest BCUT2D eigenvalue weighted by molar-refractivity contribution is 5.98. The van der Waals surface area contributed by atoms with Gasteiger partial charge in [0.2, 0.25) is 0 Å². The van der Waals surface area contributed by atoms with Crippen LogP contribution in [0, 0.1) is 11.8 Å². The maximum atomic E-state index is 11.7. The summed E-state index contributed by atoms with van der Waals surface area (Å²) in [6.45, 7) is 3.23. The average Bonchev–Trinajstić information content (AvgIpc) is 3.19. The Morgan fingerprint density at radius 1 is 1.15 bits per heavy atom. The average molecular weight is 371 g/mol. The minimum atomic E-state index is 0.0796. The number of carbonyl (C=O) groups is 1. The summed E-state index contributed by atoms with van der Waals surface area (Å²) in [5.74, 6) is 2.21. The zero-order valence-electron chi connectivity index (χ0n) is 16.5. The van der Waals surface area contributed by atoms with E-state index in [4.69, 9.17) is 10.7 Å². The van der Waals surface area contributed by atoms with Crippen LogP contribution in [0.3, 0.4) is 0 Å². The maximum absolute atomic E-state index is 11.7. The third-order valence-corrected chi connectivity index (χ3v) is 5.96. The van der Waals surface area contributed by atoms with E-state index in [1.165, 1.54) is 51.4 Å². The molecule has 0 bridgehead atoms. The smallest absolute Gasteiger partial charge is 0.196 e. The molecule has 4 N–H and O–H groups in total. The fraction of sp³-hybridized carbons (Fsp3) is 0.636. The Balaban J connectivity index is 1.68. The highest BCUT2D eigenvalue weighted by atomic mass is 16.1. The Labute approximate surface area is 163 Å². The molecular formula is C22H34N4O. The largest absolute Gasteiger partial charge is 0.353 e. The molecule has 0 aliphatic heterocycles. The number of benzene rings is 1. The van der Waals surface area contributed by atoms with Crippen LogP contribution in [0.25, 0.3) is 0 Å². The lowest BCUT2D eigenvalue weighted by Crippen LogP contribution is -2.38. The molecule has 5 heteroatoms. The number of Topliss-reactive ketones (excluding diaryl/α,β-unsaturated/α-hetero) is 1. The minimum absolute atomic E-state index is 0.0796. The lowest BCUT2D eigenvalue weighted by atomic mass is 9.81. The van der Waals surface area contributed by atoms with Crippen molar-refractivity contribution in [1.29, 1.82) is 0 Å². The van der Waals surface area contributed by atoms with Crippen LogP contribution in [-0.4, -0.2) is 30.9 Å². The van der Waals surface area contributed by atoms with Crippen LogP contribution in [0.1, 0.15) is 68.6 Å². The van der Waals surface area contributed by atoms with Crippen LogP contribution >= 0.6 is 0 Å². The highest BCUT2D eigenvalue weighted by Gasteiger charge is 2.21. The van der Waals surface area contributed by atoms with E-state index >= 15 is 0 Å². The Bertz CT molecular complexity index is 651. The third kappa shape index (κ3) is 6.06. The normalized spacial score (nSPS) is 24.0. The highest BCUT2D eigenvalue weighted by Crippen LogP contribution is 2.28. The molecule has 1 aromatic rings. The molecular weight excluding hydrogens is 336 g/mol. The predicted octanol–water partition coefficient (Wildman–Crippen LogP) is 3.95. The standard InChI is InChI=1S/C22H34N4O/c1-16(27)19-8-5-11-21(13-19)26-22(25-20-9-2-3-10-20)24-15-18-7-4-6-17(12-18)14-23/h5,8,11,13,17-18,20H,2-4,6-7,9-10,12,14-15,23H2,1H3,(H2,24,25,26). The summed E-state index contributed by atoms with van der Waals surface area (Å²) in [5.41, 5.74) is 7.52. The Morgan fingerprint density at radius 3 is 2.67 bits per heavy atom. The number of rotatable bonds is 6. The summed E-state index contributed by atoms with van der Waals surface area (Å²) >= 11 is 0. The number of guanidine groups is 1. The molecule has 2 aliphatic rings. The number of carbonyl (C=O) groups excluding carboxylic acids is 1. The minimum Gasteiger partial charge on any atom is -0.353 e. The molecule has 1 aromatic carbocycles. The second-order valence-electron chi connectivity index (χ2n) is 8.21. The second kappa shape index (κ2) is 9.88. The van der Waals surface area contributed by atoms with Crippen LogP contribution in [0.2, 0.25) is 0 Å². The molecule has 5 nitrogen and oxygen atoms in total. The van der Waals surface area contributed by atoms with Crippen molar-refractivity contribution >= 4 is 17.4 Å². The third-order valence-electron chi connectivity index (χ3n) is 5.96. The van der Waals surface area contributed by atoms with Crippen LogP contribution in [0.15, 0.2) is 29.3 Å². The van der Waals surface area contributed by atoms with Crippen molar-refractivity contribution in [2.45, 2.75) is 64.3 Å². The second-order valence-corrected chi connectivity index (χ2v) is 8.21. The quantitative estimate of drug-likeness (QED) is 0.402. The molecule has 2 fully saturated rings. The van der Waals surface area contributed by atoms with Crippen molar-refractivity contribution in [2.75, 3.05) is 18.4 Å². The molecule has 27 heavy (non-hydrogen) atoms. The fourth-order valence-electron chi connectivity index (χ4n) is 4.34. The SMILES string of the molecule is CC(=O)c1cccc(NC(=NCC2CCCC(CN)C2)NC2CCCC2)c1. The summed E-state index contributed by atoms with van der Waals surface area (Å²) < 4.78 is 0. The molecule has 148 valence electrons. The van der Waals surface area contributed by atoms with Gasteiger partial charge in [0.25, 0.3) is 0 Å². The fourth-order valence-corrected chi connectivity index (χ4v) is 4.34. The molecule has 2 saturated carbocycles. The number of nitrogens with one attached hydrogen (secondary N) is 2. The molecule has 0 spiro atoms. The van der Waals surface area contributed by atoms with Gasteiger partial charge in [0.15, 0.2) is 11.7 Å². The first-order chi connectivity index (χ1) is 13.1. The van der Waals surface area contributed by atoms with Crippen LogP contribution in [0.5, 0.6) is 0 Å². The first kappa shape index (κ1) is 19.9. The number of nitrogens with zero attached hydrogens (tertiary/aromatic N) is 1. The van der Waals surface area contributed by atoms with E-state index in [2.05, 4.69) is 10.6 Å². The summed E-state index contributed by atoms with van der Waals surface area (Å²) in [4.78, 5) is 16.6. The van der Waals surface area contributed by atoms with Gasteiger partial charge in [-0.05, 0) is 69.5 Å². The summed E-state index contributed by atoms with van der Waals surface area (Å²) in [6.07, 6.45) is 9.94. The Morgan fingerprint density at radius 2 is 1.93 bits per heavy atom. The molecule has 0 heterocycles. The Kier molecular flexibility index (Phi) is 7.27. The molecule has 2 unspecified atom stereocenters. The van der Waals surface area contributed by atoms with Gasteiger partial charge in [-0.15, -0.1) is 0 Å². The first-order valence-electron chi connectivity index (χ1n) is 10.5. The number of ketones is 1. The summed E-state index contributed by atoms with van der Waals surface area (Å²) in [6, 6.07) is 8.15. The van der Waals surface area contributed by atoms with Crippen molar-refractivity contribution in [1.82, 2.24) is 5.32 Å². The van der Waals surface area contributed by atoms with Crippen molar-refractivity contribution < 1.29 is 4.79 Å². The van der Waals surface area contributed by atoms with E-state index < -0.39 is 0 Å². The zero-order chi connectivity index (χ0) is 19.1. The van der Waals surface area contributed by atoms with Gasteiger partial charge in [-0.2, -0.15) is 0 Å². The number of anilines is 1. The van der Waals surface area contributed by atoms with E-state index in [1.807, 2.05) is 24.3 Å². The van der Waals surface area contributed by atoms with Crippen molar-refractivity contribution in [3.05, 3.63) is 29.8 Å². The van der Waals surface area contributed by atoms with E-state index in [1.54, 1.807) is 6.92 Å². The molecule has 0 radical (unpaired) electrons. The summed E-state index contributed by atoms with van der Waals surface area (Å²) in [5, 5.41) is 7.04. The molecule has 3 rings (SSSR count). The lowest BCUT2D eigenvalue weighted by molar-refractivity contribution is 0.101. The van der Waals surface area contributed by atoms with Gasteiger partial charge in [0.05, 0.1) is 0 Å². The number of hydrogen-bond acceptors (Lipinski definition) is 3. The predicted molar refractivity (Wildman–Crippen MR) is 112 cm³/mol. The molecule has 0 aromatic heterocycles.